The Hall–Kier alpha value is -2.88. The predicted molar refractivity (Wildman–Crippen MR) is 95.8 cm³/mol. The Kier molecular flexibility index (Phi) is 6.79. The van der Waals surface area contributed by atoms with Crippen molar-refractivity contribution in [2.75, 3.05) is 17.6 Å². The van der Waals surface area contributed by atoms with Crippen LogP contribution in [0.2, 0.25) is 0 Å². The summed E-state index contributed by atoms with van der Waals surface area (Å²) < 4.78 is 63.7. The van der Waals surface area contributed by atoms with Gasteiger partial charge in [-0.3, -0.25) is 9.59 Å². The number of carbonyl (C=O) groups is 2. The molecule has 0 atom stereocenters. The third-order valence-electron chi connectivity index (χ3n) is 3.73. The van der Waals surface area contributed by atoms with E-state index in [4.69, 9.17) is 0 Å². The lowest BCUT2D eigenvalue weighted by atomic mass is 10.2. The van der Waals surface area contributed by atoms with Crippen LogP contribution in [-0.2, 0) is 19.4 Å². The van der Waals surface area contributed by atoms with Crippen molar-refractivity contribution in [2.24, 2.45) is 0 Å². The lowest BCUT2D eigenvalue weighted by molar-refractivity contribution is -0.123. The Labute approximate surface area is 159 Å². The first-order valence-electron chi connectivity index (χ1n) is 8.09. The molecule has 0 bridgehead atoms. The van der Waals surface area contributed by atoms with Gasteiger partial charge in [-0.1, -0.05) is 17.7 Å². The first kappa shape index (κ1) is 21.4. The molecule has 150 valence electrons. The Morgan fingerprint density at radius 2 is 1.57 bits per heavy atom. The highest BCUT2D eigenvalue weighted by atomic mass is 32.2. The van der Waals surface area contributed by atoms with Crippen LogP contribution in [0.15, 0.2) is 41.3 Å². The van der Waals surface area contributed by atoms with Crippen LogP contribution >= 0.6 is 0 Å². The zero-order valence-electron chi connectivity index (χ0n) is 14.8. The number of benzene rings is 2. The molecule has 2 rings (SSSR count). The average molecular weight is 414 g/mol. The molecular weight excluding hydrogens is 397 g/mol. The van der Waals surface area contributed by atoms with Gasteiger partial charge < -0.3 is 10.6 Å². The summed E-state index contributed by atoms with van der Waals surface area (Å²) in [5.41, 5.74) is 0.306. The number of sulfone groups is 1. The molecule has 0 aromatic heterocycles. The Morgan fingerprint density at radius 1 is 0.929 bits per heavy atom. The van der Waals surface area contributed by atoms with E-state index < -0.39 is 57.1 Å². The third-order valence-corrected chi connectivity index (χ3v) is 5.47. The van der Waals surface area contributed by atoms with Gasteiger partial charge in [0.2, 0.25) is 11.8 Å². The van der Waals surface area contributed by atoms with Crippen LogP contribution in [0, 0.1) is 24.4 Å². The SMILES string of the molecule is Cc1ccc(S(=O)(=O)CCC(=O)NCC(=O)Nc2ccc(F)c(F)c2F)cc1. The summed E-state index contributed by atoms with van der Waals surface area (Å²) >= 11 is 0. The van der Waals surface area contributed by atoms with Crippen molar-refractivity contribution >= 4 is 27.3 Å². The highest BCUT2D eigenvalue weighted by Crippen LogP contribution is 2.19. The maximum absolute atomic E-state index is 13.5. The zero-order valence-corrected chi connectivity index (χ0v) is 15.6. The fraction of sp³-hybridized carbons (Fsp3) is 0.222. The number of anilines is 1. The molecule has 2 aromatic rings. The average Bonchev–Trinajstić information content (AvgIpc) is 2.65. The van der Waals surface area contributed by atoms with Crippen LogP contribution in [0.4, 0.5) is 18.9 Å². The van der Waals surface area contributed by atoms with E-state index in [1.54, 1.807) is 19.1 Å². The molecule has 2 amide bonds. The minimum absolute atomic E-state index is 0.0810. The van der Waals surface area contributed by atoms with E-state index in [-0.39, 0.29) is 11.3 Å². The molecule has 2 N–H and O–H groups in total. The van der Waals surface area contributed by atoms with Crippen LogP contribution in [0.5, 0.6) is 0 Å². The van der Waals surface area contributed by atoms with Crippen molar-refractivity contribution < 1.29 is 31.2 Å². The zero-order chi connectivity index (χ0) is 20.9. The lowest BCUT2D eigenvalue weighted by Gasteiger charge is -2.09. The van der Waals surface area contributed by atoms with Gasteiger partial charge in [-0.05, 0) is 31.2 Å². The van der Waals surface area contributed by atoms with Gasteiger partial charge in [0.1, 0.15) is 0 Å². The molecule has 0 aliphatic heterocycles. The second-order valence-electron chi connectivity index (χ2n) is 5.93. The Balaban J connectivity index is 1.84. The summed E-state index contributed by atoms with van der Waals surface area (Å²) in [7, 11) is -3.66. The summed E-state index contributed by atoms with van der Waals surface area (Å²) in [6.07, 6.45) is -0.386. The molecule has 6 nitrogen and oxygen atoms in total. The van der Waals surface area contributed by atoms with Gasteiger partial charge in [-0.2, -0.15) is 0 Å². The summed E-state index contributed by atoms with van der Waals surface area (Å²) in [4.78, 5) is 23.5. The molecule has 0 aliphatic rings. The van der Waals surface area contributed by atoms with E-state index in [1.165, 1.54) is 12.1 Å². The number of halogens is 3. The molecule has 10 heteroatoms. The van der Waals surface area contributed by atoms with Crippen LogP contribution in [0.25, 0.3) is 0 Å². The van der Waals surface area contributed by atoms with Crippen LogP contribution in [0.1, 0.15) is 12.0 Å². The van der Waals surface area contributed by atoms with E-state index in [9.17, 15) is 31.2 Å². The van der Waals surface area contributed by atoms with Gasteiger partial charge in [0.05, 0.1) is 22.9 Å². The molecular formula is C18H17F3N2O4S. The van der Waals surface area contributed by atoms with E-state index >= 15 is 0 Å². The summed E-state index contributed by atoms with van der Waals surface area (Å²) in [6, 6.07) is 7.62. The van der Waals surface area contributed by atoms with Gasteiger partial charge >= 0.3 is 0 Å². The van der Waals surface area contributed by atoms with Crippen molar-refractivity contribution in [1.82, 2.24) is 5.32 Å². The maximum Gasteiger partial charge on any atom is 0.243 e. The molecule has 0 aliphatic carbocycles. The molecule has 0 saturated carbocycles. The highest BCUT2D eigenvalue weighted by molar-refractivity contribution is 7.91. The third kappa shape index (κ3) is 5.56. The molecule has 0 unspecified atom stereocenters. The second-order valence-corrected chi connectivity index (χ2v) is 8.04. The van der Waals surface area contributed by atoms with Gasteiger partial charge in [-0.25, -0.2) is 21.6 Å². The molecule has 0 heterocycles. The Bertz CT molecular complexity index is 993. The van der Waals surface area contributed by atoms with Crippen molar-refractivity contribution in [1.29, 1.82) is 0 Å². The first-order chi connectivity index (χ1) is 13.1. The van der Waals surface area contributed by atoms with Crippen molar-refractivity contribution in [3.8, 4) is 0 Å². The van der Waals surface area contributed by atoms with Gasteiger partial charge in [0.15, 0.2) is 27.3 Å². The minimum atomic E-state index is -3.66. The smallest absolute Gasteiger partial charge is 0.243 e. The number of hydrogen-bond acceptors (Lipinski definition) is 4. The fourth-order valence-electron chi connectivity index (χ4n) is 2.17. The quantitative estimate of drug-likeness (QED) is 0.681. The predicted octanol–water partition coefficient (Wildman–Crippen LogP) is 2.33. The van der Waals surface area contributed by atoms with Crippen LogP contribution in [-0.4, -0.2) is 32.5 Å². The second kappa shape index (κ2) is 8.87. The van der Waals surface area contributed by atoms with Crippen LogP contribution < -0.4 is 10.6 Å². The topological polar surface area (TPSA) is 92.3 Å². The molecule has 0 radical (unpaired) electrons. The van der Waals surface area contributed by atoms with E-state index in [0.717, 1.165) is 11.6 Å². The number of carbonyl (C=O) groups excluding carboxylic acids is 2. The standard InChI is InChI=1S/C18H17F3N2O4S/c1-11-2-4-12(5-3-11)28(26,27)9-8-15(24)22-10-16(25)23-14-7-6-13(19)17(20)18(14)21/h2-7H,8-10H2,1H3,(H,22,24)(H,23,25). The molecule has 28 heavy (non-hydrogen) atoms. The normalized spacial score (nSPS) is 11.1. The highest BCUT2D eigenvalue weighted by Gasteiger charge is 2.18. The van der Waals surface area contributed by atoms with Crippen molar-refractivity contribution in [3.05, 3.63) is 59.4 Å². The Morgan fingerprint density at radius 3 is 2.21 bits per heavy atom. The monoisotopic (exact) mass is 414 g/mol. The number of aryl methyl sites for hydroxylation is 1. The van der Waals surface area contributed by atoms with Gasteiger partial charge in [0.25, 0.3) is 0 Å². The summed E-state index contributed by atoms with van der Waals surface area (Å²) in [5.74, 6) is -6.76. The van der Waals surface area contributed by atoms with E-state index in [1.807, 2.05) is 5.32 Å². The van der Waals surface area contributed by atoms with E-state index in [2.05, 4.69) is 5.32 Å². The van der Waals surface area contributed by atoms with Crippen LogP contribution in [0.3, 0.4) is 0 Å². The molecule has 0 fully saturated rings. The molecule has 0 spiro atoms. The fourth-order valence-corrected chi connectivity index (χ4v) is 3.42. The van der Waals surface area contributed by atoms with E-state index in [0.29, 0.717) is 6.07 Å². The number of hydrogen-bond donors (Lipinski definition) is 2. The molecule has 2 aromatic carbocycles. The van der Waals surface area contributed by atoms with Gasteiger partial charge in [0, 0.05) is 6.42 Å². The molecule has 0 saturated heterocycles. The summed E-state index contributed by atoms with van der Waals surface area (Å²) in [6.45, 7) is 1.21. The van der Waals surface area contributed by atoms with Crippen molar-refractivity contribution in [2.45, 2.75) is 18.2 Å². The number of nitrogens with one attached hydrogen (secondary N) is 2. The number of rotatable bonds is 7. The first-order valence-corrected chi connectivity index (χ1v) is 9.75. The minimum Gasteiger partial charge on any atom is -0.347 e. The number of amides is 2. The lowest BCUT2D eigenvalue weighted by Crippen LogP contribution is -2.34. The van der Waals surface area contributed by atoms with Crippen molar-refractivity contribution in [3.63, 3.8) is 0 Å². The largest absolute Gasteiger partial charge is 0.347 e. The summed E-state index contributed by atoms with van der Waals surface area (Å²) in [5, 5.41) is 4.16. The van der Waals surface area contributed by atoms with Gasteiger partial charge in [-0.15, -0.1) is 0 Å². The maximum atomic E-state index is 13.5.